The van der Waals surface area contributed by atoms with Gasteiger partial charge in [0.2, 0.25) is 0 Å². The minimum atomic E-state index is -0.978. The molecular formula is C19H27ClFNO2. The van der Waals surface area contributed by atoms with Crippen molar-refractivity contribution in [1.82, 2.24) is 5.32 Å². The molecule has 0 fully saturated rings. The number of aryl methyl sites for hydroxylation is 1. The van der Waals surface area contributed by atoms with Crippen molar-refractivity contribution in [1.29, 1.82) is 0 Å². The topological polar surface area (TPSA) is 49.3 Å². The van der Waals surface area contributed by atoms with Gasteiger partial charge in [-0.25, -0.2) is 4.39 Å². The number of hydrogen-bond acceptors (Lipinski definition) is 2. The average molecular weight is 356 g/mol. The first-order chi connectivity index (χ1) is 11.1. The third kappa shape index (κ3) is 3.60. The van der Waals surface area contributed by atoms with Gasteiger partial charge in [-0.2, -0.15) is 0 Å². The average Bonchev–Trinajstić information content (AvgIpc) is 2.46. The second-order valence-electron chi connectivity index (χ2n) is 7.83. The molecule has 1 aliphatic carbocycles. The second-order valence-corrected chi connectivity index (χ2v) is 8.24. The van der Waals surface area contributed by atoms with Crippen molar-refractivity contribution in [2.45, 2.75) is 71.4 Å². The number of halogens is 2. The van der Waals surface area contributed by atoms with Crippen LogP contribution in [0.3, 0.4) is 0 Å². The lowest BCUT2D eigenvalue weighted by atomic mass is 9.69. The fraction of sp³-hybridized carbons (Fsp3) is 0.632. The van der Waals surface area contributed by atoms with Gasteiger partial charge in [0.15, 0.2) is 0 Å². The Balaban J connectivity index is 2.28. The summed E-state index contributed by atoms with van der Waals surface area (Å²) in [5.41, 5.74) is 0.584. The van der Waals surface area contributed by atoms with Crippen LogP contribution in [0.4, 0.5) is 4.39 Å². The van der Waals surface area contributed by atoms with E-state index in [4.69, 9.17) is 11.6 Å². The van der Waals surface area contributed by atoms with Crippen molar-refractivity contribution in [3.8, 4) is 0 Å². The summed E-state index contributed by atoms with van der Waals surface area (Å²) < 4.78 is 13.6. The molecule has 5 heteroatoms. The normalized spacial score (nSPS) is 20.3. The minimum absolute atomic E-state index is 0.0425. The Morgan fingerprint density at radius 3 is 2.58 bits per heavy atom. The summed E-state index contributed by atoms with van der Waals surface area (Å²) in [7, 11) is 0. The van der Waals surface area contributed by atoms with Crippen LogP contribution in [0.5, 0.6) is 0 Å². The van der Waals surface area contributed by atoms with Crippen LogP contribution in [0.15, 0.2) is 12.1 Å². The molecule has 0 saturated heterocycles. The molecule has 0 heterocycles. The molecule has 134 valence electrons. The van der Waals surface area contributed by atoms with E-state index in [1.165, 1.54) is 6.07 Å². The fourth-order valence-corrected chi connectivity index (χ4v) is 3.94. The molecule has 2 atom stereocenters. The number of carbonyl (C=O) groups is 1. The molecule has 0 unspecified atom stereocenters. The molecule has 2 rings (SSSR count). The maximum Gasteiger partial charge on any atom is 0.324 e. The monoisotopic (exact) mass is 355 g/mol. The summed E-state index contributed by atoms with van der Waals surface area (Å²) in [6.45, 7) is 7.90. The molecule has 2 N–H and O–H groups in total. The third-order valence-corrected chi connectivity index (χ3v) is 5.48. The second kappa shape index (κ2) is 7.01. The van der Waals surface area contributed by atoms with Crippen LogP contribution < -0.4 is 5.32 Å². The van der Waals surface area contributed by atoms with Crippen molar-refractivity contribution in [2.75, 3.05) is 0 Å². The maximum atomic E-state index is 13.6. The Bertz CT molecular complexity index is 627. The third-order valence-electron chi connectivity index (χ3n) is 5.19. The Morgan fingerprint density at radius 1 is 1.38 bits per heavy atom. The Kier molecular flexibility index (Phi) is 5.61. The van der Waals surface area contributed by atoms with E-state index in [9.17, 15) is 14.3 Å². The largest absolute Gasteiger partial charge is 0.480 e. The van der Waals surface area contributed by atoms with Gasteiger partial charge in [0.1, 0.15) is 11.4 Å². The van der Waals surface area contributed by atoms with Crippen molar-refractivity contribution >= 4 is 17.6 Å². The van der Waals surface area contributed by atoms with Crippen LogP contribution in [0, 0.1) is 11.2 Å². The molecule has 1 aromatic rings. The number of fused-ring (bicyclic) bond motifs is 1. The van der Waals surface area contributed by atoms with E-state index in [0.29, 0.717) is 12.8 Å². The van der Waals surface area contributed by atoms with Crippen molar-refractivity contribution in [2.24, 2.45) is 5.41 Å². The van der Waals surface area contributed by atoms with Gasteiger partial charge in [-0.1, -0.05) is 45.7 Å². The number of nitrogens with one attached hydrogen (secondary N) is 1. The van der Waals surface area contributed by atoms with E-state index in [0.717, 1.165) is 30.4 Å². The highest BCUT2D eigenvalue weighted by Crippen LogP contribution is 2.37. The van der Waals surface area contributed by atoms with Crippen LogP contribution in [-0.4, -0.2) is 22.7 Å². The highest BCUT2D eigenvalue weighted by Gasteiger charge is 2.49. The van der Waals surface area contributed by atoms with E-state index in [1.54, 1.807) is 6.07 Å². The molecule has 3 nitrogen and oxygen atoms in total. The van der Waals surface area contributed by atoms with E-state index >= 15 is 0 Å². The number of benzene rings is 1. The molecule has 0 aromatic heterocycles. The summed E-state index contributed by atoms with van der Waals surface area (Å²) in [5.74, 6) is -1.19. The van der Waals surface area contributed by atoms with Crippen LogP contribution >= 0.6 is 11.6 Å². The van der Waals surface area contributed by atoms with Crippen LogP contribution in [0.25, 0.3) is 0 Å². The van der Waals surface area contributed by atoms with Gasteiger partial charge < -0.3 is 5.11 Å². The maximum absolute atomic E-state index is 13.6. The standard InChI is InChI=1S/C19H27ClFNO2/c1-5-8-19(17(23)24,18(2,3)4)22-14-7-6-12-11-16(21)15(20)10-13(12)9-14/h10-11,14,22H,5-9H2,1-4H3,(H,23,24)/t14-,19+/m0/s1. The van der Waals surface area contributed by atoms with Gasteiger partial charge in [-0.15, -0.1) is 0 Å². The predicted molar refractivity (Wildman–Crippen MR) is 95.1 cm³/mol. The lowest BCUT2D eigenvalue weighted by molar-refractivity contribution is -0.151. The zero-order valence-electron chi connectivity index (χ0n) is 14.9. The van der Waals surface area contributed by atoms with Gasteiger partial charge in [0, 0.05) is 6.04 Å². The summed E-state index contributed by atoms with van der Waals surface area (Å²) in [6, 6.07) is 3.23. The van der Waals surface area contributed by atoms with Gasteiger partial charge in [-0.3, -0.25) is 10.1 Å². The summed E-state index contributed by atoms with van der Waals surface area (Å²) in [5, 5.41) is 13.5. The molecule has 24 heavy (non-hydrogen) atoms. The fourth-order valence-electron chi connectivity index (χ4n) is 3.75. The number of aliphatic carboxylic acids is 1. The smallest absolute Gasteiger partial charge is 0.324 e. The Hall–Kier alpha value is -1.13. The first kappa shape index (κ1) is 19.2. The lowest BCUT2D eigenvalue weighted by Crippen LogP contribution is -2.64. The summed E-state index contributed by atoms with van der Waals surface area (Å²) in [6.07, 6.45) is 3.55. The van der Waals surface area contributed by atoms with E-state index in [2.05, 4.69) is 5.32 Å². The van der Waals surface area contributed by atoms with Crippen molar-refractivity contribution < 1.29 is 14.3 Å². The van der Waals surface area contributed by atoms with Crippen LogP contribution in [0.2, 0.25) is 5.02 Å². The van der Waals surface area contributed by atoms with Crippen molar-refractivity contribution in [3.05, 3.63) is 34.1 Å². The highest BCUT2D eigenvalue weighted by molar-refractivity contribution is 6.30. The van der Waals surface area contributed by atoms with Gasteiger partial charge in [0.25, 0.3) is 0 Å². The van der Waals surface area contributed by atoms with Gasteiger partial charge in [0.05, 0.1) is 5.02 Å². The quantitative estimate of drug-likeness (QED) is 0.811. The zero-order valence-corrected chi connectivity index (χ0v) is 15.6. The highest BCUT2D eigenvalue weighted by atomic mass is 35.5. The minimum Gasteiger partial charge on any atom is -0.480 e. The SMILES string of the molecule is CCC[C@@](N[C@H]1CCc2cc(F)c(Cl)cc2C1)(C(=O)O)C(C)(C)C. The molecule has 0 aliphatic heterocycles. The first-order valence-electron chi connectivity index (χ1n) is 8.58. The lowest BCUT2D eigenvalue weighted by Gasteiger charge is -2.45. The molecule has 0 amide bonds. The van der Waals surface area contributed by atoms with Crippen LogP contribution in [0.1, 0.15) is 58.1 Å². The van der Waals surface area contributed by atoms with Crippen LogP contribution in [-0.2, 0) is 17.6 Å². The molecule has 0 bridgehead atoms. The zero-order chi connectivity index (χ0) is 18.1. The first-order valence-corrected chi connectivity index (χ1v) is 8.96. The molecule has 1 aliphatic rings. The molecule has 0 saturated carbocycles. The Labute approximate surface area is 148 Å². The number of hydrogen-bond donors (Lipinski definition) is 2. The molecular weight excluding hydrogens is 329 g/mol. The number of carboxylic acid groups (broad SMARTS) is 1. The summed E-state index contributed by atoms with van der Waals surface area (Å²) in [4.78, 5) is 12.1. The molecule has 1 aromatic carbocycles. The van der Waals surface area contributed by atoms with E-state index in [-0.39, 0.29) is 16.9 Å². The van der Waals surface area contributed by atoms with E-state index in [1.807, 2.05) is 27.7 Å². The van der Waals surface area contributed by atoms with Gasteiger partial charge >= 0.3 is 5.97 Å². The Morgan fingerprint density at radius 2 is 2.04 bits per heavy atom. The van der Waals surface area contributed by atoms with Gasteiger partial charge in [-0.05, 0) is 54.4 Å². The number of rotatable bonds is 5. The number of carboxylic acids is 1. The molecule has 0 radical (unpaired) electrons. The van der Waals surface area contributed by atoms with Crippen molar-refractivity contribution in [3.63, 3.8) is 0 Å². The molecule has 0 spiro atoms. The predicted octanol–water partition coefficient (Wildman–Crippen LogP) is 4.60. The summed E-state index contributed by atoms with van der Waals surface area (Å²) >= 11 is 5.91. The van der Waals surface area contributed by atoms with E-state index < -0.39 is 16.9 Å².